The van der Waals surface area contributed by atoms with Gasteiger partial charge >= 0.3 is 0 Å². The third kappa shape index (κ3) is 2.65. The molecular formula is C11H16N4O2. The van der Waals surface area contributed by atoms with E-state index < -0.39 is 0 Å². The molecule has 0 atom stereocenters. The summed E-state index contributed by atoms with van der Waals surface area (Å²) in [5.41, 5.74) is 5.95. The van der Waals surface area contributed by atoms with E-state index in [1.54, 1.807) is 6.07 Å². The molecule has 92 valence electrons. The van der Waals surface area contributed by atoms with Crippen LogP contribution in [0.4, 0.5) is 5.82 Å². The van der Waals surface area contributed by atoms with Crippen LogP contribution in [0.5, 0.6) is 0 Å². The topological polar surface area (TPSA) is 95.0 Å². The van der Waals surface area contributed by atoms with E-state index in [1.807, 2.05) is 12.1 Å². The van der Waals surface area contributed by atoms with Gasteiger partial charge in [0, 0.05) is 13.1 Å². The smallest absolute Gasteiger partial charge is 0.188 e. The van der Waals surface area contributed by atoms with Crippen LogP contribution < -0.4 is 10.6 Å². The minimum absolute atomic E-state index is 0.00361. The highest BCUT2D eigenvalue weighted by atomic mass is 16.4. The second-order valence-corrected chi connectivity index (χ2v) is 4.08. The molecule has 0 bridgehead atoms. The zero-order chi connectivity index (χ0) is 12.3. The van der Waals surface area contributed by atoms with Gasteiger partial charge in [-0.05, 0) is 25.0 Å². The van der Waals surface area contributed by atoms with Crippen LogP contribution >= 0.6 is 0 Å². The van der Waals surface area contributed by atoms with Gasteiger partial charge in [0.2, 0.25) is 0 Å². The molecule has 6 nitrogen and oxygen atoms in total. The summed E-state index contributed by atoms with van der Waals surface area (Å²) in [6.45, 7) is 1.54. The summed E-state index contributed by atoms with van der Waals surface area (Å²) in [5, 5.41) is 21.0. The second kappa shape index (κ2) is 5.01. The van der Waals surface area contributed by atoms with Crippen molar-refractivity contribution in [1.82, 2.24) is 4.98 Å². The third-order valence-corrected chi connectivity index (χ3v) is 2.89. The van der Waals surface area contributed by atoms with Gasteiger partial charge in [0.1, 0.15) is 11.5 Å². The number of aliphatic hydroxyl groups excluding tert-OH is 1. The van der Waals surface area contributed by atoms with Crippen molar-refractivity contribution >= 4 is 11.7 Å². The van der Waals surface area contributed by atoms with E-state index in [0.717, 1.165) is 31.7 Å². The van der Waals surface area contributed by atoms with Crippen LogP contribution in [-0.4, -0.2) is 40.3 Å². The fourth-order valence-electron chi connectivity index (χ4n) is 1.89. The first-order valence-electron chi connectivity index (χ1n) is 5.58. The first kappa shape index (κ1) is 11.7. The third-order valence-electron chi connectivity index (χ3n) is 2.89. The van der Waals surface area contributed by atoms with Gasteiger partial charge in [0.25, 0.3) is 0 Å². The Balaban J connectivity index is 2.16. The van der Waals surface area contributed by atoms with Crippen molar-refractivity contribution in [1.29, 1.82) is 0 Å². The number of nitrogens with two attached hydrogens (primary N) is 1. The maximum absolute atomic E-state index is 9.44. The fraction of sp³-hybridized carbons (Fsp3) is 0.455. The van der Waals surface area contributed by atoms with Gasteiger partial charge in [-0.1, -0.05) is 11.2 Å². The van der Waals surface area contributed by atoms with Gasteiger partial charge < -0.3 is 20.9 Å². The zero-order valence-electron chi connectivity index (χ0n) is 9.45. The number of aliphatic hydroxyl groups is 1. The summed E-state index contributed by atoms with van der Waals surface area (Å²) in [6, 6.07) is 5.39. The molecule has 1 aliphatic heterocycles. The Bertz CT molecular complexity index is 414. The highest BCUT2D eigenvalue weighted by Crippen LogP contribution is 2.18. The predicted molar refractivity (Wildman–Crippen MR) is 64.2 cm³/mol. The van der Waals surface area contributed by atoms with E-state index in [9.17, 15) is 5.11 Å². The average Bonchev–Trinajstić information content (AvgIpc) is 2.39. The maximum atomic E-state index is 9.44. The number of piperidine rings is 1. The molecule has 0 aliphatic carbocycles. The van der Waals surface area contributed by atoms with Crippen molar-refractivity contribution in [3.8, 4) is 0 Å². The van der Waals surface area contributed by atoms with E-state index in [2.05, 4.69) is 15.0 Å². The van der Waals surface area contributed by atoms with Crippen molar-refractivity contribution < 1.29 is 10.3 Å². The van der Waals surface area contributed by atoms with Crippen LogP contribution in [0.2, 0.25) is 0 Å². The van der Waals surface area contributed by atoms with Crippen LogP contribution in [0.15, 0.2) is 23.4 Å². The molecule has 4 N–H and O–H groups in total. The molecule has 1 aromatic rings. The predicted octanol–water partition coefficient (Wildman–Crippen LogP) is 0.137. The standard InChI is InChI=1S/C11H16N4O2/c12-11(14-17)9-2-1-3-10(13-9)15-6-4-8(16)5-7-15/h1-3,8,16-17H,4-7H2,(H2,12,14). The van der Waals surface area contributed by atoms with Crippen LogP contribution in [0.1, 0.15) is 18.5 Å². The molecule has 0 unspecified atom stereocenters. The van der Waals surface area contributed by atoms with Crippen LogP contribution in [0.25, 0.3) is 0 Å². The molecule has 17 heavy (non-hydrogen) atoms. The highest BCUT2D eigenvalue weighted by Gasteiger charge is 2.18. The summed E-state index contributed by atoms with van der Waals surface area (Å²) in [7, 11) is 0. The SMILES string of the molecule is NC(=NO)c1cccc(N2CCC(O)CC2)n1. The lowest BCUT2D eigenvalue weighted by molar-refractivity contribution is 0.145. The summed E-state index contributed by atoms with van der Waals surface area (Å²) >= 11 is 0. The van der Waals surface area contributed by atoms with Crippen LogP contribution in [-0.2, 0) is 0 Å². The average molecular weight is 236 g/mol. The number of nitrogens with zero attached hydrogens (tertiary/aromatic N) is 3. The fourth-order valence-corrected chi connectivity index (χ4v) is 1.89. The molecule has 2 heterocycles. The van der Waals surface area contributed by atoms with Crippen molar-refractivity contribution in [3.63, 3.8) is 0 Å². The summed E-state index contributed by atoms with van der Waals surface area (Å²) in [5.74, 6) is 0.796. The van der Waals surface area contributed by atoms with Gasteiger partial charge in [0.05, 0.1) is 6.10 Å². The molecule has 0 radical (unpaired) electrons. The molecule has 6 heteroatoms. The van der Waals surface area contributed by atoms with Gasteiger partial charge in [-0.2, -0.15) is 0 Å². The lowest BCUT2D eigenvalue weighted by atomic mass is 10.1. The van der Waals surface area contributed by atoms with Crippen molar-refractivity contribution in [2.75, 3.05) is 18.0 Å². The normalized spacial score (nSPS) is 18.4. The largest absolute Gasteiger partial charge is 0.409 e. The molecule has 1 fully saturated rings. The Labute approximate surface area is 99.4 Å². The molecule has 2 rings (SSSR count). The molecule has 0 saturated carbocycles. The second-order valence-electron chi connectivity index (χ2n) is 4.08. The van der Waals surface area contributed by atoms with E-state index in [-0.39, 0.29) is 11.9 Å². The van der Waals surface area contributed by atoms with Crippen molar-refractivity contribution in [2.45, 2.75) is 18.9 Å². The Kier molecular flexibility index (Phi) is 3.43. The monoisotopic (exact) mass is 236 g/mol. The Morgan fingerprint density at radius 2 is 2.12 bits per heavy atom. The molecular weight excluding hydrogens is 220 g/mol. The lowest BCUT2D eigenvalue weighted by Gasteiger charge is -2.30. The van der Waals surface area contributed by atoms with Crippen LogP contribution in [0.3, 0.4) is 0 Å². The van der Waals surface area contributed by atoms with Gasteiger partial charge in [-0.3, -0.25) is 0 Å². The first-order valence-corrected chi connectivity index (χ1v) is 5.58. The Morgan fingerprint density at radius 1 is 1.41 bits per heavy atom. The zero-order valence-corrected chi connectivity index (χ0v) is 9.45. The Morgan fingerprint density at radius 3 is 2.76 bits per heavy atom. The van der Waals surface area contributed by atoms with Gasteiger partial charge in [-0.25, -0.2) is 4.98 Å². The van der Waals surface area contributed by atoms with Crippen LogP contribution in [0, 0.1) is 0 Å². The van der Waals surface area contributed by atoms with Crippen molar-refractivity contribution in [3.05, 3.63) is 23.9 Å². The maximum Gasteiger partial charge on any atom is 0.188 e. The first-order chi connectivity index (χ1) is 8.20. The molecule has 1 saturated heterocycles. The summed E-state index contributed by atoms with van der Waals surface area (Å²) in [6.07, 6.45) is 1.28. The number of anilines is 1. The van der Waals surface area contributed by atoms with Gasteiger partial charge in [0.15, 0.2) is 5.84 Å². The Hall–Kier alpha value is -1.82. The molecule has 1 aliphatic rings. The van der Waals surface area contributed by atoms with E-state index in [0.29, 0.717) is 5.69 Å². The molecule has 0 spiro atoms. The lowest BCUT2D eigenvalue weighted by Crippen LogP contribution is -2.36. The summed E-state index contributed by atoms with van der Waals surface area (Å²) in [4.78, 5) is 6.40. The molecule has 1 aromatic heterocycles. The number of amidine groups is 1. The van der Waals surface area contributed by atoms with Crippen molar-refractivity contribution in [2.24, 2.45) is 10.9 Å². The number of pyridine rings is 1. The number of aromatic nitrogens is 1. The number of hydrogen-bond donors (Lipinski definition) is 3. The number of hydrogen-bond acceptors (Lipinski definition) is 5. The number of oxime groups is 1. The highest BCUT2D eigenvalue weighted by molar-refractivity contribution is 5.95. The quantitative estimate of drug-likeness (QED) is 0.294. The van der Waals surface area contributed by atoms with E-state index >= 15 is 0 Å². The summed E-state index contributed by atoms with van der Waals surface area (Å²) < 4.78 is 0. The molecule has 0 aromatic carbocycles. The number of rotatable bonds is 2. The molecule has 0 amide bonds. The van der Waals surface area contributed by atoms with E-state index in [1.165, 1.54) is 0 Å². The minimum Gasteiger partial charge on any atom is -0.409 e. The van der Waals surface area contributed by atoms with Gasteiger partial charge in [-0.15, -0.1) is 0 Å². The van der Waals surface area contributed by atoms with E-state index in [4.69, 9.17) is 10.9 Å². The minimum atomic E-state index is -0.210.